The van der Waals surface area contributed by atoms with Crippen molar-refractivity contribution in [2.75, 3.05) is 18.5 Å². The molecule has 1 aliphatic carbocycles. The number of nitrogens with zero attached hydrogens (tertiary/aromatic N) is 2. The summed E-state index contributed by atoms with van der Waals surface area (Å²) < 4.78 is 12.0. The second-order valence-electron chi connectivity index (χ2n) is 8.04. The van der Waals surface area contributed by atoms with Gasteiger partial charge in [-0.15, -0.1) is 11.3 Å². The third-order valence-electron chi connectivity index (χ3n) is 6.10. The summed E-state index contributed by atoms with van der Waals surface area (Å²) >= 11 is 1.65. The van der Waals surface area contributed by atoms with Crippen LogP contribution < -0.4 is 10.6 Å². The van der Waals surface area contributed by atoms with Gasteiger partial charge in [-0.05, 0) is 30.4 Å². The summed E-state index contributed by atoms with van der Waals surface area (Å²) in [5.41, 5.74) is 0.901. The van der Waals surface area contributed by atoms with E-state index in [1.54, 1.807) is 17.5 Å². The van der Waals surface area contributed by atoms with Gasteiger partial charge < -0.3 is 20.1 Å². The van der Waals surface area contributed by atoms with Gasteiger partial charge in [-0.3, -0.25) is 4.79 Å². The summed E-state index contributed by atoms with van der Waals surface area (Å²) in [7, 11) is 0. The minimum atomic E-state index is -0.125. The normalized spacial score (nSPS) is 29.5. The maximum atomic E-state index is 12.6. The fraction of sp³-hybridized carbons (Fsp3) is 0.571. The van der Waals surface area contributed by atoms with E-state index in [0.717, 1.165) is 36.3 Å². The Hall–Kier alpha value is -2.03. The average Bonchev–Trinajstić information content (AvgIpc) is 3.49. The Labute approximate surface area is 174 Å². The van der Waals surface area contributed by atoms with Crippen molar-refractivity contribution in [1.29, 1.82) is 0 Å². The Morgan fingerprint density at radius 3 is 2.66 bits per heavy atom. The fourth-order valence-corrected chi connectivity index (χ4v) is 5.26. The van der Waals surface area contributed by atoms with Crippen LogP contribution in [0.25, 0.3) is 10.6 Å². The highest BCUT2D eigenvalue weighted by molar-refractivity contribution is 7.13. The third kappa shape index (κ3) is 4.01. The van der Waals surface area contributed by atoms with Gasteiger partial charge in [0.05, 0.1) is 35.9 Å². The number of rotatable bonds is 5. The molecule has 2 aromatic rings. The Morgan fingerprint density at radius 1 is 1.07 bits per heavy atom. The van der Waals surface area contributed by atoms with Crippen LogP contribution in [0, 0.1) is 5.92 Å². The lowest BCUT2D eigenvalue weighted by Crippen LogP contribution is -2.47. The van der Waals surface area contributed by atoms with Crippen LogP contribution in [-0.4, -0.2) is 53.4 Å². The molecule has 8 heteroatoms. The first-order valence-electron chi connectivity index (χ1n) is 10.4. The summed E-state index contributed by atoms with van der Waals surface area (Å²) in [6.45, 7) is 1.000. The van der Waals surface area contributed by atoms with Gasteiger partial charge in [0.1, 0.15) is 12.2 Å². The highest BCUT2D eigenvalue weighted by Gasteiger charge is 2.48. The zero-order valence-corrected chi connectivity index (χ0v) is 17.1. The number of anilines is 1. The number of thiophene rings is 1. The van der Waals surface area contributed by atoms with Gasteiger partial charge in [-0.2, -0.15) is 0 Å². The number of carbonyl (C=O) groups is 1. The lowest BCUT2D eigenvalue weighted by molar-refractivity contribution is -0.127. The highest BCUT2D eigenvalue weighted by Crippen LogP contribution is 2.30. The molecule has 5 rings (SSSR count). The molecule has 29 heavy (non-hydrogen) atoms. The Morgan fingerprint density at radius 2 is 1.86 bits per heavy atom. The number of amides is 1. The molecule has 154 valence electrons. The molecule has 2 aromatic heterocycles. The van der Waals surface area contributed by atoms with Crippen LogP contribution in [-0.2, 0) is 14.3 Å². The topological polar surface area (TPSA) is 85.4 Å². The van der Waals surface area contributed by atoms with Crippen LogP contribution in [0.1, 0.15) is 32.1 Å². The maximum Gasteiger partial charge on any atom is 0.223 e. The largest absolute Gasteiger partial charge is 0.371 e. The first-order chi connectivity index (χ1) is 14.3. The first-order valence-corrected chi connectivity index (χ1v) is 11.3. The summed E-state index contributed by atoms with van der Waals surface area (Å²) in [5, 5.41) is 8.59. The average molecular weight is 415 g/mol. The molecule has 0 bridgehead atoms. The number of carbonyl (C=O) groups excluding carboxylic acids is 1. The summed E-state index contributed by atoms with van der Waals surface area (Å²) in [5.74, 6) is 0.876. The van der Waals surface area contributed by atoms with Gasteiger partial charge in [0, 0.05) is 12.1 Å². The Kier molecular flexibility index (Phi) is 5.48. The quantitative estimate of drug-likeness (QED) is 0.783. The number of hydrogen-bond donors (Lipinski definition) is 2. The van der Waals surface area contributed by atoms with Gasteiger partial charge in [-0.25, -0.2) is 9.97 Å². The summed E-state index contributed by atoms with van der Waals surface area (Å²) in [6, 6.07) is 5.85. The van der Waals surface area contributed by atoms with E-state index in [2.05, 4.69) is 20.6 Å². The van der Waals surface area contributed by atoms with Crippen LogP contribution in [0.4, 0.5) is 5.95 Å². The Bertz CT molecular complexity index is 840. The van der Waals surface area contributed by atoms with E-state index in [0.29, 0.717) is 19.2 Å². The second-order valence-corrected chi connectivity index (χ2v) is 8.99. The van der Waals surface area contributed by atoms with E-state index in [9.17, 15) is 4.79 Å². The van der Waals surface area contributed by atoms with Crippen molar-refractivity contribution in [2.45, 2.75) is 56.4 Å². The molecule has 4 heterocycles. The molecule has 0 spiro atoms. The molecule has 2 saturated heterocycles. The van der Waals surface area contributed by atoms with E-state index in [1.165, 1.54) is 6.42 Å². The number of fused-ring (bicyclic) bond motifs is 1. The molecule has 3 fully saturated rings. The molecule has 0 radical (unpaired) electrons. The SMILES string of the molecule is O=C(NC1COC2C(Nc3nccc(-c4cccs4)n3)COC12)C1CCCCC1. The van der Waals surface area contributed by atoms with Crippen LogP contribution >= 0.6 is 11.3 Å². The molecule has 7 nitrogen and oxygen atoms in total. The van der Waals surface area contributed by atoms with Crippen molar-refractivity contribution in [3.8, 4) is 10.6 Å². The molecule has 4 atom stereocenters. The van der Waals surface area contributed by atoms with Crippen LogP contribution in [0.2, 0.25) is 0 Å². The van der Waals surface area contributed by atoms with Crippen LogP contribution in [0.3, 0.4) is 0 Å². The predicted octanol–water partition coefficient (Wildman–Crippen LogP) is 2.85. The summed E-state index contributed by atoms with van der Waals surface area (Å²) in [6.07, 6.45) is 7.07. The molecule has 0 aromatic carbocycles. The monoisotopic (exact) mass is 414 g/mol. The number of hydrogen-bond acceptors (Lipinski definition) is 7. The Balaban J connectivity index is 1.20. The molecule has 2 N–H and O–H groups in total. The third-order valence-corrected chi connectivity index (χ3v) is 6.99. The van der Waals surface area contributed by atoms with Gasteiger partial charge in [-0.1, -0.05) is 25.3 Å². The van der Waals surface area contributed by atoms with Crippen LogP contribution in [0.15, 0.2) is 29.8 Å². The molecule has 1 amide bonds. The van der Waals surface area contributed by atoms with E-state index >= 15 is 0 Å². The number of nitrogens with one attached hydrogen (secondary N) is 2. The van der Waals surface area contributed by atoms with Crippen LogP contribution in [0.5, 0.6) is 0 Å². The minimum Gasteiger partial charge on any atom is -0.371 e. The standard InChI is InChI=1S/C21H26N4O3S/c26-20(13-5-2-1-3-6-13)23-15-11-27-19-16(12-28-18(15)19)25-21-22-9-8-14(24-21)17-7-4-10-29-17/h4,7-10,13,15-16,18-19H,1-3,5-6,11-12H2,(H,23,26)(H,22,24,25). The van der Waals surface area contributed by atoms with E-state index in [1.807, 2.05) is 23.6 Å². The lowest BCUT2D eigenvalue weighted by Gasteiger charge is -2.24. The molecule has 2 aliphatic heterocycles. The van der Waals surface area contributed by atoms with Crippen molar-refractivity contribution >= 4 is 23.2 Å². The highest BCUT2D eigenvalue weighted by atomic mass is 32.1. The van der Waals surface area contributed by atoms with Crippen molar-refractivity contribution < 1.29 is 14.3 Å². The first kappa shape index (κ1) is 19.0. The molecular formula is C21H26N4O3S. The van der Waals surface area contributed by atoms with Gasteiger partial charge in [0.25, 0.3) is 0 Å². The molecule has 1 saturated carbocycles. The van der Waals surface area contributed by atoms with Gasteiger partial charge in [0.2, 0.25) is 11.9 Å². The minimum absolute atomic E-state index is 0.0323. The van der Waals surface area contributed by atoms with Crippen molar-refractivity contribution in [1.82, 2.24) is 15.3 Å². The molecular weight excluding hydrogens is 388 g/mol. The molecule has 4 unspecified atom stereocenters. The number of aromatic nitrogens is 2. The fourth-order valence-electron chi connectivity index (χ4n) is 4.57. The zero-order chi connectivity index (χ0) is 19.6. The zero-order valence-electron chi connectivity index (χ0n) is 16.3. The van der Waals surface area contributed by atoms with Crippen molar-refractivity contribution in [2.24, 2.45) is 5.92 Å². The molecule has 3 aliphatic rings. The lowest BCUT2D eigenvalue weighted by atomic mass is 9.88. The maximum absolute atomic E-state index is 12.6. The van der Waals surface area contributed by atoms with Crippen molar-refractivity contribution in [3.63, 3.8) is 0 Å². The van der Waals surface area contributed by atoms with E-state index in [4.69, 9.17) is 9.47 Å². The second kappa shape index (κ2) is 8.38. The van der Waals surface area contributed by atoms with Crippen molar-refractivity contribution in [3.05, 3.63) is 29.8 Å². The van der Waals surface area contributed by atoms with E-state index < -0.39 is 0 Å². The van der Waals surface area contributed by atoms with E-state index in [-0.39, 0.29) is 36.1 Å². The van der Waals surface area contributed by atoms with Gasteiger partial charge >= 0.3 is 0 Å². The number of ether oxygens (including phenoxy) is 2. The van der Waals surface area contributed by atoms with Gasteiger partial charge in [0.15, 0.2) is 0 Å². The smallest absolute Gasteiger partial charge is 0.223 e. The summed E-state index contributed by atoms with van der Waals surface area (Å²) in [4.78, 5) is 22.7. The predicted molar refractivity (Wildman–Crippen MR) is 111 cm³/mol.